The molecule has 3 heterocycles. The lowest BCUT2D eigenvalue weighted by Gasteiger charge is -2.31. The number of rotatable bonds is 5. The van der Waals surface area contributed by atoms with Crippen LogP contribution in [0.5, 0.6) is 0 Å². The number of aromatic nitrogens is 1. The van der Waals surface area contributed by atoms with Crippen LogP contribution in [0.1, 0.15) is 32.1 Å². The molecule has 2 saturated heterocycles. The molecule has 3 rings (SSSR count). The van der Waals surface area contributed by atoms with Crippen molar-refractivity contribution >= 4 is 27.7 Å². The van der Waals surface area contributed by atoms with E-state index in [1.807, 2.05) is 11.9 Å². The Bertz CT molecular complexity index is 739. The van der Waals surface area contributed by atoms with Gasteiger partial charge in [-0.15, -0.1) is 0 Å². The van der Waals surface area contributed by atoms with Gasteiger partial charge in [-0.1, -0.05) is 31.0 Å². The van der Waals surface area contributed by atoms with Crippen molar-refractivity contribution in [2.24, 2.45) is 0 Å². The summed E-state index contributed by atoms with van der Waals surface area (Å²) in [6.45, 7) is 4.15. The maximum atomic E-state index is 12.7. The molecular formula is C19H30N4O3S2. The summed E-state index contributed by atoms with van der Waals surface area (Å²) in [5.74, 6) is 0.486. The third kappa shape index (κ3) is 5.68. The summed E-state index contributed by atoms with van der Waals surface area (Å²) in [5.41, 5.74) is 0. The number of hydrogen-bond donors (Lipinski definition) is 0. The standard InChI is InChI=1S/C19H30N4O3S2/c1-21-11-13-23(14-12-21)28(25,26)17-7-8-18(20-15-17)27-16-19(24)22-9-5-3-2-4-6-10-22/h7-8,15H,2-6,9-14,16H2,1H3. The Morgan fingerprint density at radius 3 is 2.25 bits per heavy atom. The number of sulfonamides is 1. The molecule has 156 valence electrons. The van der Waals surface area contributed by atoms with Crippen LogP contribution in [0.4, 0.5) is 0 Å². The van der Waals surface area contributed by atoms with Gasteiger partial charge in [0.1, 0.15) is 4.90 Å². The van der Waals surface area contributed by atoms with Crippen LogP contribution in [0.25, 0.3) is 0 Å². The number of nitrogens with zero attached hydrogens (tertiary/aromatic N) is 4. The van der Waals surface area contributed by atoms with Gasteiger partial charge in [-0.25, -0.2) is 13.4 Å². The first-order valence-electron chi connectivity index (χ1n) is 10.0. The molecule has 7 nitrogen and oxygen atoms in total. The van der Waals surface area contributed by atoms with Crippen molar-refractivity contribution in [2.75, 3.05) is 52.1 Å². The molecular weight excluding hydrogens is 396 g/mol. The third-order valence-electron chi connectivity index (χ3n) is 5.36. The zero-order valence-corrected chi connectivity index (χ0v) is 18.2. The molecule has 0 unspecified atom stereocenters. The maximum Gasteiger partial charge on any atom is 0.244 e. The molecule has 9 heteroatoms. The quantitative estimate of drug-likeness (QED) is 0.670. The Hall–Kier alpha value is -1.16. The number of likely N-dealkylation sites (tertiary alicyclic amines) is 1. The van der Waals surface area contributed by atoms with E-state index in [1.165, 1.54) is 41.5 Å². The van der Waals surface area contributed by atoms with Gasteiger partial charge in [0.15, 0.2) is 0 Å². The van der Waals surface area contributed by atoms with Gasteiger partial charge in [0, 0.05) is 45.5 Å². The van der Waals surface area contributed by atoms with Crippen LogP contribution in [-0.2, 0) is 14.8 Å². The number of pyridine rings is 1. The summed E-state index contributed by atoms with van der Waals surface area (Å²) in [4.78, 5) is 21.0. The number of likely N-dealkylation sites (N-methyl/N-ethyl adjacent to an activating group) is 1. The second kappa shape index (κ2) is 10.0. The lowest BCUT2D eigenvalue weighted by atomic mass is 10.1. The number of thioether (sulfide) groups is 1. The minimum atomic E-state index is -3.50. The molecule has 0 bridgehead atoms. The van der Waals surface area contributed by atoms with Crippen molar-refractivity contribution in [1.82, 2.24) is 19.1 Å². The Morgan fingerprint density at radius 2 is 1.64 bits per heavy atom. The van der Waals surface area contributed by atoms with E-state index in [-0.39, 0.29) is 10.8 Å². The Labute approximate surface area is 172 Å². The van der Waals surface area contributed by atoms with Crippen LogP contribution in [-0.4, -0.2) is 85.5 Å². The predicted octanol–water partition coefficient (Wildman–Crippen LogP) is 1.90. The van der Waals surface area contributed by atoms with Crippen molar-refractivity contribution in [3.05, 3.63) is 18.3 Å². The lowest BCUT2D eigenvalue weighted by Crippen LogP contribution is -2.47. The zero-order valence-electron chi connectivity index (χ0n) is 16.5. The fraction of sp³-hybridized carbons (Fsp3) is 0.684. The number of carbonyl (C=O) groups excluding carboxylic acids is 1. The molecule has 2 aliphatic heterocycles. The second-order valence-corrected chi connectivity index (χ2v) is 10.4. The minimum Gasteiger partial charge on any atom is -0.342 e. The summed E-state index contributed by atoms with van der Waals surface area (Å²) >= 11 is 1.37. The van der Waals surface area contributed by atoms with E-state index >= 15 is 0 Å². The number of carbonyl (C=O) groups is 1. The van der Waals surface area contributed by atoms with E-state index in [0.29, 0.717) is 23.9 Å². The molecule has 0 N–H and O–H groups in total. The van der Waals surface area contributed by atoms with Gasteiger partial charge in [0.05, 0.1) is 10.8 Å². The SMILES string of the molecule is CN1CCN(S(=O)(=O)c2ccc(SCC(=O)N3CCCCCCC3)nc2)CC1. The van der Waals surface area contributed by atoms with E-state index in [0.717, 1.165) is 39.0 Å². The van der Waals surface area contributed by atoms with E-state index in [1.54, 1.807) is 12.1 Å². The van der Waals surface area contributed by atoms with Crippen LogP contribution in [0.2, 0.25) is 0 Å². The van der Waals surface area contributed by atoms with Crippen molar-refractivity contribution < 1.29 is 13.2 Å². The average Bonchev–Trinajstić information content (AvgIpc) is 2.66. The van der Waals surface area contributed by atoms with Crippen molar-refractivity contribution in [3.8, 4) is 0 Å². The van der Waals surface area contributed by atoms with Crippen LogP contribution < -0.4 is 0 Å². The van der Waals surface area contributed by atoms with Gasteiger partial charge in [-0.3, -0.25) is 4.79 Å². The lowest BCUT2D eigenvalue weighted by molar-refractivity contribution is -0.128. The molecule has 2 aliphatic rings. The highest BCUT2D eigenvalue weighted by molar-refractivity contribution is 7.99. The minimum absolute atomic E-state index is 0.142. The highest BCUT2D eigenvalue weighted by Gasteiger charge is 2.27. The van der Waals surface area contributed by atoms with Gasteiger partial charge in [-0.2, -0.15) is 4.31 Å². The van der Waals surface area contributed by atoms with Gasteiger partial charge in [-0.05, 0) is 32.0 Å². The normalized spacial score (nSPS) is 20.5. The van der Waals surface area contributed by atoms with Gasteiger partial charge < -0.3 is 9.80 Å². The van der Waals surface area contributed by atoms with Crippen LogP contribution in [0.15, 0.2) is 28.3 Å². The summed E-state index contributed by atoms with van der Waals surface area (Å²) in [6, 6.07) is 3.30. The largest absolute Gasteiger partial charge is 0.342 e. The molecule has 0 radical (unpaired) electrons. The maximum absolute atomic E-state index is 12.7. The molecule has 2 fully saturated rings. The highest BCUT2D eigenvalue weighted by atomic mass is 32.2. The Morgan fingerprint density at radius 1 is 1.00 bits per heavy atom. The Balaban J connectivity index is 1.54. The second-order valence-electron chi connectivity index (χ2n) is 7.48. The number of hydrogen-bond acceptors (Lipinski definition) is 6. The van der Waals surface area contributed by atoms with E-state index in [4.69, 9.17) is 0 Å². The number of piperazine rings is 1. The molecule has 0 spiro atoms. The molecule has 1 aromatic heterocycles. The van der Waals surface area contributed by atoms with E-state index in [2.05, 4.69) is 9.88 Å². The smallest absolute Gasteiger partial charge is 0.244 e. The fourth-order valence-corrected chi connectivity index (χ4v) is 5.62. The molecule has 28 heavy (non-hydrogen) atoms. The molecule has 1 amide bonds. The first kappa shape index (κ1) is 21.5. The topological polar surface area (TPSA) is 73.8 Å². The van der Waals surface area contributed by atoms with Crippen LogP contribution >= 0.6 is 11.8 Å². The van der Waals surface area contributed by atoms with Gasteiger partial charge in [0.25, 0.3) is 0 Å². The summed E-state index contributed by atoms with van der Waals surface area (Å²) in [6.07, 6.45) is 7.23. The van der Waals surface area contributed by atoms with Crippen molar-refractivity contribution in [3.63, 3.8) is 0 Å². The molecule has 0 saturated carbocycles. The third-order valence-corrected chi connectivity index (χ3v) is 8.17. The molecule has 0 aliphatic carbocycles. The van der Waals surface area contributed by atoms with Crippen molar-refractivity contribution in [1.29, 1.82) is 0 Å². The van der Waals surface area contributed by atoms with Crippen LogP contribution in [0.3, 0.4) is 0 Å². The molecule has 1 aromatic rings. The number of amides is 1. The molecule has 0 atom stereocenters. The van der Waals surface area contributed by atoms with E-state index < -0.39 is 10.0 Å². The van der Waals surface area contributed by atoms with Gasteiger partial charge >= 0.3 is 0 Å². The first-order valence-corrected chi connectivity index (χ1v) is 12.4. The van der Waals surface area contributed by atoms with Crippen molar-refractivity contribution in [2.45, 2.75) is 42.0 Å². The summed E-state index contributed by atoms with van der Waals surface area (Å²) in [5, 5.41) is 0.678. The zero-order chi connectivity index (χ0) is 20.0. The monoisotopic (exact) mass is 426 g/mol. The summed E-state index contributed by atoms with van der Waals surface area (Å²) < 4.78 is 27.0. The average molecular weight is 427 g/mol. The summed E-state index contributed by atoms with van der Waals surface area (Å²) in [7, 11) is -1.51. The predicted molar refractivity (Wildman–Crippen MR) is 111 cm³/mol. The fourth-order valence-electron chi connectivity index (χ4n) is 3.51. The van der Waals surface area contributed by atoms with E-state index in [9.17, 15) is 13.2 Å². The first-order chi connectivity index (χ1) is 13.5. The van der Waals surface area contributed by atoms with Gasteiger partial charge in [0.2, 0.25) is 15.9 Å². The highest BCUT2D eigenvalue weighted by Crippen LogP contribution is 2.21. The van der Waals surface area contributed by atoms with Crippen LogP contribution in [0, 0.1) is 0 Å². The molecule has 0 aromatic carbocycles. The Kier molecular flexibility index (Phi) is 7.73.